The Morgan fingerprint density at radius 3 is 2.48 bits per heavy atom. The standard InChI is InChI=1S/C23H22ClN3O6/c1-4-32-18-10-14(9-17(24)20(18)33-11-19(25)28)8-16-21(29)26-23(31)27(22(16)30)15-6-5-12(2)13(3)7-15/h5-10H,4,11H2,1-3H3,(H2,25,28)(H,26,29,31)/b16-8+. The third kappa shape index (κ3) is 5.15. The SMILES string of the molecule is CCOc1cc(/C=C2\C(=O)NC(=O)N(c3ccc(C)c(C)c3)C2=O)cc(Cl)c1OCC(N)=O. The molecule has 0 bridgehead atoms. The smallest absolute Gasteiger partial charge is 0.335 e. The van der Waals surface area contributed by atoms with Gasteiger partial charge in [0, 0.05) is 0 Å². The van der Waals surface area contributed by atoms with Gasteiger partial charge < -0.3 is 15.2 Å². The van der Waals surface area contributed by atoms with E-state index in [-0.39, 0.29) is 28.7 Å². The van der Waals surface area contributed by atoms with Crippen molar-refractivity contribution in [3.8, 4) is 11.5 Å². The average molecular weight is 472 g/mol. The lowest BCUT2D eigenvalue weighted by molar-refractivity contribution is -0.123. The van der Waals surface area contributed by atoms with Gasteiger partial charge in [0.25, 0.3) is 17.7 Å². The molecule has 0 radical (unpaired) electrons. The quantitative estimate of drug-likeness (QED) is 0.472. The van der Waals surface area contributed by atoms with Gasteiger partial charge in [-0.15, -0.1) is 0 Å². The highest BCUT2D eigenvalue weighted by Gasteiger charge is 2.37. The number of benzene rings is 2. The van der Waals surface area contributed by atoms with Crippen molar-refractivity contribution in [3.05, 3.63) is 57.6 Å². The third-order valence-electron chi connectivity index (χ3n) is 4.85. The first-order valence-corrected chi connectivity index (χ1v) is 10.4. The maximum Gasteiger partial charge on any atom is 0.335 e. The minimum absolute atomic E-state index is 0.0832. The maximum absolute atomic E-state index is 13.1. The van der Waals surface area contributed by atoms with Crippen molar-refractivity contribution in [1.82, 2.24) is 5.32 Å². The first-order valence-electron chi connectivity index (χ1n) is 9.98. The number of rotatable bonds is 7. The van der Waals surface area contributed by atoms with Gasteiger partial charge in [0.2, 0.25) is 0 Å². The van der Waals surface area contributed by atoms with Gasteiger partial charge >= 0.3 is 6.03 Å². The first-order chi connectivity index (χ1) is 15.6. The number of primary amides is 1. The van der Waals surface area contributed by atoms with Crippen LogP contribution < -0.4 is 25.4 Å². The van der Waals surface area contributed by atoms with Crippen molar-refractivity contribution in [2.24, 2.45) is 5.73 Å². The molecule has 0 spiro atoms. The number of barbiturate groups is 1. The number of nitrogens with one attached hydrogen (secondary N) is 1. The molecule has 5 amide bonds. The number of ether oxygens (including phenoxy) is 2. The molecule has 3 N–H and O–H groups in total. The van der Waals surface area contributed by atoms with Crippen molar-refractivity contribution >= 4 is 47.1 Å². The second-order valence-corrected chi connectivity index (χ2v) is 7.65. The highest BCUT2D eigenvalue weighted by molar-refractivity contribution is 6.39. The molecule has 0 aromatic heterocycles. The van der Waals surface area contributed by atoms with E-state index in [9.17, 15) is 19.2 Å². The van der Waals surface area contributed by atoms with Crippen molar-refractivity contribution in [2.75, 3.05) is 18.1 Å². The number of nitrogens with zero attached hydrogens (tertiary/aromatic N) is 1. The molecule has 2 aromatic rings. The Hall–Kier alpha value is -3.85. The molecule has 0 saturated carbocycles. The monoisotopic (exact) mass is 471 g/mol. The number of hydrogen-bond acceptors (Lipinski definition) is 6. The topological polar surface area (TPSA) is 128 Å². The molecule has 10 heteroatoms. The summed E-state index contributed by atoms with van der Waals surface area (Å²) in [6.07, 6.45) is 1.30. The van der Waals surface area contributed by atoms with Gasteiger partial charge in [-0.1, -0.05) is 17.7 Å². The Kier molecular flexibility index (Phi) is 7.03. The molecular weight excluding hydrogens is 450 g/mol. The fourth-order valence-corrected chi connectivity index (χ4v) is 3.41. The zero-order valence-corrected chi connectivity index (χ0v) is 19.0. The molecule has 33 heavy (non-hydrogen) atoms. The van der Waals surface area contributed by atoms with E-state index in [0.29, 0.717) is 11.3 Å². The van der Waals surface area contributed by atoms with Crippen LogP contribution in [0.2, 0.25) is 5.02 Å². The van der Waals surface area contributed by atoms with E-state index < -0.39 is 30.4 Å². The predicted octanol–water partition coefficient (Wildman–Crippen LogP) is 2.89. The molecule has 1 fully saturated rings. The summed E-state index contributed by atoms with van der Waals surface area (Å²) in [6, 6.07) is 7.19. The van der Waals surface area contributed by atoms with E-state index in [1.807, 2.05) is 13.8 Å². The Labute approximate surface area is 195 Å². The zero-order valence-electron chi connectivity index (χ0n) is 18.2. The summed E-state index contributed by atoms with van der Waals surface area (Å²) in [5.74, 6) is -2.02. The van der Waals surface area contributed by atoms with E-state index in [1.54, 1.807) is 25.1 Å². The molecule has 3 rings (SSSR count). The highest BCUT2D eigenvalue weighted by atomic mass is 35.5. The van der Waals surface area contributed by atoms with Gasteiger partial charge in [0.15, 0.2) is 18.1 Å². The van der Waals surface area contributed by atoms with Crippen LogP contribution in [0.5, 0.6) is 11.5 Å². The van der Waals surface area contributed by atoms with Gasteiger partial charge in [0.05, 0.1) is 17.3 Å². The molecule has 1 aliphatic heterocycles. The van der Waals surface area contributed by atoms with Gasteiger partial charge in [-0.3, -0.25) is 19.7 Å². The lowest BCUT2D eigenvalue weighted by Crippen LogP contribution is -2.54. The van der Waals surface area contributed by atoms with Crippen molar-refractivity contribution < 1.29 is 28.7 Å². The van der Waals surface area contributed by atoms with Crippen molar-refractivity contribution in [1.29, 1.82) is 0 Å². The molecular formula is C23H22ClN3O6. The van der Waals surface area contributed by atoms with Gasteiger partial charge in [0.1, 0.15) is 5.57 Å². The minimum atomic E-state index is -0.840. The third-order valence-corrected chi connectivity index (χ3v) is 5.13. The lowest BCUT2D eigenvalue weighted by Gasteiger charge is -2.27. The summed E-state index contributed by atoms with van der Waals surface area (Å²) in [5, 5.41) is 2.26. The first kappa shape index (κ1) is 23.8. The molecule has 1 heterocycles. The van der Waals surface area contributed by atoms with Crippen LogP contribution in [0.4, 0.5) is 10.5 Å². The van der Waals surface area contributed by atoms with E-state index in [0.717, 1.165) is 16.0 Å². The minimum Gasteiger partial charge on any atom is -0.490 e. The predicted molar refractivity (Wildman–Crippen MR) is 122 cm³/mol. The molecule has 172 valence electrons. The van der Waals surface area contributed by atoms with Crippen LogP contribution in [0.25, 0.3) is 6.08 Å². The maximum atomic E-state index is 13.1. The molecule has 0 atom stereocenters. The van der Waals surface area contributed by atoms with Crippen molar-refractivity contribution in [3.63, 3.8) is 0 Å². The molecule has 0 aliphatic carbocycles. The summed E-state index contributed by atoms with van der Waals surface area (Å²) in [5.41, 5.74) is 7.41. The summed E-state index contributed by atoms with van der Waals surface area (Å²) < 4.78 is 10.9. The lowest BCUT2D eigenvalue weighted by atomic mass is 10.0. The normalized spacial score (nSPS) is 15.0. The van der Waals surface area contributed by atoms with Crippen LogP contribution in [-0.2, 0) is 14.4 Å². The van der Waals surface area contributed by atoms with Gasteiger partial charge in [-0.25, -0.2) is 9.69 Å². The van der Waals surface area contributed by atoms with Crippen molar-refractivity contribution in [2.45, 2.75) is 20.8 Å². The van der Waals surface area contributed by atoms with Crippen LogP contribution in [0.1, 0.15) is 23.6 Å². The number of carbonyl (C=O) groups is 4. The summed E-state index contributed by atoms with van der Waals surface area (Å²) in [4.78, 5) is 50.0. The second kappa shape index (κ2) is 9.74. The number of halogens is 1. The fraction of sp³-hybridized carbons (Fsp3) is 0.217. The van der Waals surface area contributed by atoms with Gasteiger partial charge in [-0.05, 0) is 67.8 Å². The number of imide groups is 2. The molecule has 2 aromatic carbocycles. The Balaban J connectivity index is 2.02. The van der Waals surface area contributed by atoms with E-state index in [1.165, 1.54) is 18.2 Å². The molecule has 1 aliphatic rings. The number of anilines is 1. The van der Waals surface area contributed by atoms with Crippen LogP contribution >= 0.6 is 11.6 Å². The number of carbonyl (C=O) groups excluding carboxylic acids is 4. The Bertz CT molecular complexity index is 1190. The molecule has 9 nitrogen and oxygen atoms in total. The van der Waals surface area contributed by atoms with Crippen LogP contribution in [0.15, 0.2) is 35.9 Å². The number of hydrogen-bond donors (Lipinski definition) is 2. The number of nitrogens with two attached hydrogens (primary N) is 1. The Morgan fingerprint density at radius 2 is 1.85 bits per heavy atom. The van der Waals surface area contributed by atoms with E-state index in [2.05, 4.69) is 5.32 Å². The summed E-state index contributed by atoms with van der Waals surface area (Å²) in [7, 11) is 0. The molecule has 1 saturated heterocycles. The van der Waals surface area contributed by atoms with Gasteiger partial charge in [-0.2, -0.15) is 0 Å². The van der Waals surface area contributed by atoms with E-state index >= 15 is 0 Å². The largest absolute Gasteiger partial charge is 0.490 e. The fourth-order valence-electron chi connectivity index (χ4n) is 3.14. The van der Waals surface area contributed by atoms with Crippen LogP contribution in [0.3, 0.4) is 0 Å². The molecule has 0 unspecified atom stereocenters. The summed E-state index contributed by atoms with van der Waals surface area (Å²) in [6.45, 7) is 5.35. The average Bonchev–Trinajstić information content (AvgIpc) is 2.73. The van der Waals surface area contributed by atoms with E-state index in [4.69, 9.17) is 26.8 Å². The number of urea groups is 1. The number of amides is 5. The number of aryl methyl sites for hydroxylation is 2. The van der Waals surface area contributed by atoms with Crippen LogP contribution in [0, 0.1) is 13.8 Å². The Morgan fingerprint density at radius 1 is 1.12 bits per heavy atom. The highest BCUT2D eigenvalue weighted by Crippen LogP contribution is 2.37. The zero-order chi connectivity index (χ0) is 24.3. The van der Waals surface area contributed by atoms with Crippen LogP contribution in [-0.4, -0.2) is 37.0 Å². The second-order valence-electron chi connectivity index (χ2n) is 7.24. The summed E-state index contributed by atoms with van der Waals surface area (Å²) >= 11 is 6.29.